The second-order valence-electron chi connectivity index (χ2n) is 6.60. The Labute approximate surface area is 157 Å². The van der Waals surface area contributed by atoms with Crippen LogP contribution < -0.4 is 15.8 Å². The van der Waals surface area contributed by atoms with Crippen molar-refractivity contribution < 1.29 is 22.4 Å². The molecule has 2 N–H and O–H groups in total. The normalized spacial score (nSPS) is 18.2. The van der Waals surface area contributed by atoms with Crippen LogP contribution in [0.1, 0.15) is 41.0 Å². The molecule has 3 rings (SSSR count). The largest absolute Gasteiger partial charge is 0.416 e. The minimum Gasteiger partial charge on any atom is -0.344 e. The summed E-state index contributed by atoms with van der Waals surface area (Å²) in [5.74, 6) is -0.546. The zero-order chi connectivity index (χ0) is 20.5. The van der Waals surface area contributed by atoms with Crippen LogP contribution in [0.3, 0.4) is 0 Å². The Bertz CT molecular complexity index is 911. The van der Waals surface area contributed by atoms with Gasteiger partial charge in [-0.1, -0.05) is 12.1 Å². The summed E-state index contributed by atoms with van der Waals surface area (Å²) in [5.41, 5.74) is -1.03. The molecular weight excluding hydrogens is 380 g/mol. The third-order valence-corrected chi connectivity index (χ3v) is 4.48. The zero-order valence-corrected chi connectivity index (χ0v) is 14.9. The molecule has 1 aromatic carbocycles. The highest BCUT2D eigenvalue weighted by molar-refractivity contribution is 5.92. The van der Waals surface area contributed by atoms with E-state index >= 15 is 0 Å². The molecule has 0 aliphatic carbocycles. The average molecular weight is 398 g/mol. The molecular formula is C18H18F4N4O2. The highest BCUT2D eigenvalue weighted by atomic mass is 19.4. The van der Waals surface area contributed by atoms with Gasteiger partial charge >= 0.3 is 6.18 Å². The molecule has 6 nitrogen and oxygen atoms in total. The van der Waals surface area contributed by atoms with Crippen molar-refractivity contribution in [2.75, 3.05) is 18.0 Å². The predicted octanol–water partition coefficient (Wildman–Crippen LogP) is 2.83. The third kappa shape index (κ3) is 4.49. The van der Waals surface area contributed by atoms with Crippen LogP contribution in [0, 0.1) is 0 Å². The lowest BCUT2D eigenvalue weighted by atomic mass is 10.1. The fourth-order valence-electron chi connectivity index (χ4n) is 2.94. The van der Waals surface area contributed by atoms with Gasteiger partial charge in [0.05, 0.1) is 18.2 Å². The first-order valence-electron chi connectivity index (χ1n) is 8.62. The molecule has 0 spiro atoms. The van der Waals surface area contributed by atoms with Gasteiger partial charge in [0, 0.05) is 12.6 Å². The highest BCUT2D eigenvalue weighted by Crippen LogP contribution is 2.30. The number of carbonyl (C=O) groups excluding carboxylic acids is 1. The number of halogens is 4. The van der Waals surface area contributed by atoms with E-state index in [1.807, 2.05) is 0 Å². The van der Waals surface area contributed by atoms with Crippen LogP contribution in [0.25, 0.3) is 0 Å². The van der Waals surface area contributed by atoms with Crippen LogP contribution in [-0.2, 0) is 6.18 Å². The maximum absolute atomic E-state index is 13.4. The molecule has 0 saturated carbocycles. The van der Waals surface area contributed by atoms with Crippen molar-refractivity contribution in [1.29, 1.82) is 0 Å². The Balaban J connectivity index is 1.73. The molecule has 2 heterocycles. The van der Waals surface area contributed by atoms with Crippen molar-refractivity contribution in [2.45, 2.75) is 31.7 Å². The summed E-state index contributed by atoms with van der Waals surface area (Å²) in [5, 5.41) is 2.60. The van der Waals surface area contributed by atoms with E-state index in [-0.39, 0.29) is 18.2 Å². The van der Waals surface area contributed by atoms with Gasteiger partial charge in [-0.25, -0.2) is 9.37 Å². The predicted molar refractivity (Wildman–Crippen MR) is 93.9 cm³/mol. The van der Waals surface area contributed by atoms with Crippen LogP contribution >= 0.6 is 0 Å². The second-order valence-corrected chi connectivity index (χ2v) is 6.60. The van der Waals surface area contributed by atoms with E-state index < -0.39 is 35.4 Å². The van der Waals surface area contributed by atoms with E-state index in [1.165, 1.54) is 12.1 Å². The number of nitrogens with one attached hydrogen (secondary N) is 2. The number of hydrogen-bond donors (Lipinski definition) is 2. The molecule has 10 heteroatoms. The number of benzene rings is 1. The molecule has 1 fully saturated rings. The zero-order valence-electron chi connectivity index (χ0n) is 14.9. The van der Waals surface area contributed by atoms with Gasteiger partial charge in [-0.05, 0) is 31.0 Å². The summed E-state index contributed by atoms with van der Waals surface area (Å²) in [6, 6.07) is 4.82. The number of anilines is 1. The lowest BCUT2D eigenvalue weighted by molar-refractivity contribution is -0.137. The first-order valence-corrected chi connectivity index (χ1v) is 8.62. The van der Waals surface area contributed by atoms with Crippen LogP contribution in [-0.4, -0.2) is 35.1 Å². The van der Waals surface area contributed by atoms with Crippen LogP contribution in [0.5, 0.6) is 0 Å². The van der Waals surface area contributed by atoms with Gasteiger partial charge in [0.1, 0.15) is 11.9 Å². The first kappa shape index (κ1) is 19.8. The molecule has 0 unspecified atom stereocenters. The second kappa shape index (κ2) is 7.61. The van der Waals surface area contributed by atoms with E-state index in [2.05, 4.69) is 15.3 Å². The van der Waals surface area contributed by atoms with Gasteiger partial charge in [-0.3, -0.25) is 14.6 Å². The van der Waals surface area contributed by atoms with Gasteiger partial charge in [0.2, 0.25) is 5.95 Å². The Kier molecular flexibility index (Phi) is 5.39. The van der Waals surface area contributed by atoms with Crippen LogP contribution in [0.2, 0.25) is 0 Å². The number of H-pyrrole nitrogens is 1. The van der Waals surface area contributed by atoms with Crippen molar-refractivity contribution in [2.24, 2.45) is 0 Å². The van der Waals surface area contributed by atoms with Gasteiger partial charge in [-0.15, -0.1) is 0 Å². The van der Waals surface area contributed by atoms with E-state index in [9.17, 15) is 27.2 Å². The molecule has 150 valence electrons. The fraction of sp³-hybridized carbons (Fsp3) is 0.389. The molecule has 0 bridgehead atoms. The van der Waals surface area contributed by atoms with Crippen molar-refractivity contribution >= 4 is 11.9 Å². The van der Waals surface area contributed by atoms with E-state index in [0.717, 1.165) is 18.2 Å². The third-order valence-electron chi connectivity index (χ3n) is 4.48. The molecule has 1 aliphatic heterocycles. The van der Waals surface area contributed by atoms with Crippen molar-refractivity contribution in [3.8, 4) is 0 Å². The molecule has 2 aromatic rings. The SMILES string of the molecule is C[C@@H](NC(=O)c1cc(=O)[nH]c(N2CC[C@H](F)C2)n1)c1ccc(C(F)(F)F)cc1. The number of aromatic nitrogens is 2. The Morgan fingerprint density at radius 1 is 1.32 bits per heavy atom. The number of carbonyl (C=O) groups is 1. The lowest BCUT2D eigenvalue weighted by Crippen LogP contribution is -2.31. The molecule has 1 saturated heterocycles. The molecule has 1 aromatic heterocycles. The van der Waals surface area contributed by atoms with Crippen molar-refractivity contribution in [3.63, 3.8) is 0 Å². The maximum atomic E-state index is 13.4. The summed E-state index contributed by atoms with van der Waals surface area (Å²) < 4.78 is 51.3. The van der Waals surface area contributed by atoms with Gasteiger partial charge in [-0.2, -0.15) is 13.2 Å². The van der Waals surface area contributed by atoms with Crippen LogP contribution in [0.15, 0.2) is 35.1 Å². The van der Waals surface area contributed by atoms with Crippen molar-refractivity contribution in [1.82, 2.24) is 15.3 Å². The Morgan fingerprint density at radius 3 is 2.57 bits per heavy atom. The van der Waals surface area contributed by atoms with E-state index in [4.69, 9.17) is 0 Å². The van der Waals surface area contributed by atoms with Gasteiger partial charge < -0.3 is 10.2 Å². The Hall–Kier alpha value is -2.91. The van der Waals surface area contributed by atoms with Gasteiger partial charge in [0.25, 0.3) is 11.5 Å². The Morgan fingerprint density at radius 2 is 2.00 bits per heavy atom. The standard InChI is InChI=1S/C18H18F4N4O2/c1-10(11-2-4-12(5-3-11)18(20,21)22)23-16(28)14-8-15(27)25-17(24-14)26-7-6-13(19)9-26/h2-5,8,10,13H,6-7,9H2,1H3,(H,23,28)(H,24,25,27)/t10-,13+/m1/s1. The summed E-state index contributed by atoms with van der Waals surface area (Å²) in [4.78, 5) is 32.4. The van der Waals surface area contributed by atoms with Gasteiger partial charge in [0.15, 0.2) is 0 Å². The number of aromatic amines is 1. The summed E-state index contributed by atoms with van der Waals surface area (Å²) in [6.07, 6.45) is -5.15. The van der Waals surface area contributed by atoms with E-state index in [1.54, 1.807) is 11.8 Å². The molecule has 1 aliphatic rings. The molecule has 0 radical (unpaired) electrons. The lowest BCUT2D eigenvalue weighted by Gasteiger charge is -2.17. The minimum atomic E-state index is -4.44. The van der Waals surface area contributed by atoms with E-state index in [0.29, 0.717) is 18.5 Å². The fourth-order valence-corrected chi connectivity index (χ4v) is 2.94. The summed E-state index contributed by atoms with van der Waals surface area (Å²) >= 11 is 0. The smallest absolute Gasteiger partial charge is 0.344 e. The molecule has 1 amide bonds. The monoisotopic (exact) mass is 398 g/mol. The highest BCUT2D eigenvalue weighted by Gasteiger charge is 2.30. The van der Waals surface area contributed by atoms with Crippen molar-refractivity contribution in [3.05, 3.63) is 57.5 Å². The summed E-state index contributed by atoms with van der Waals surface area (Å²) in [6.45, 7) is 2.05. The number of rotatable bonds is 4. The quantitative estimate of drug-likeness (QED) is 0.777. The topological polar surface area (TPSA) is 78.1 Å². The number of hydrogen-bond acceptors (Lipinski definition) is 4. The maximum Gasteiger partial charge on any atom is 0.416 e. The van der Waals surface area contributed by atoms with Crippen LogP contribution in [0.4, 0.5) is 23.5 Å². The number of amides is 1. The summed E-state index contributed by atoms with van der Waals surface area (Å²) in [7, 11) is 0. The minimum absolute atomic E-state index is 0.0793. The number of nitrogens with zero attached hydrogens (tertiary/aromatic N) is 2. The average Bonchev–Trinajstić information content (AvgIpc) is 3.07. The first-order chi connectivity index (χ1) is 13.1. The molecule has 28 heavy (non-hydrogen) atoms. The molecule has 2 atom stereocenters. The number of alkyl halides is 4.